The molecule has 8 heteroatoms. The minimum absolute atomic E-state index is 0.450. The van der Waals surface area contributed by atoms with E-state index in [1.807, 2.05) is 29.6 Å². The number of hydrogen-bond donors (Lipinski definition) is 0. The maximum atomic E-state index is 5.40. The van der Waals surface area contributed by atoms with E-state index in [2.05, 4.69) is 31.3 Å². The molecule has 22 heavy (non-hydrogen) atoms. The lowest BCUT2D eigenvalue weighted by Crippen LogP contribution is -2.06. The van der Waals surface area contributed by atoms with Crippen molar-refractivity contribution < 1.29 is 9.47 Å². The standard InChI is InChI=1S/C14H13BrN4O2S/c1-20-11-7-10(15)12(21-2)6-9(11)8-19-17-14(16-18-19)13-4-3-5-22-13/h3-7H,8H2,1-2H3. The van der Waals surface area contributed by atoms with E-state index in [0.717, 1.165) is 26.4 Å². The van der Waals surface area contributed by atoms with Gasteiger partial charge >= 0.3 is 0 Å². The lowest BCUT2D eigenvalue weighted by Gasteiger charge is -2.11. The molecule has 0 aliphatic heterocycles. The average Bonchev–Trinajstić information content (AvgIpc) is 3.19. The summed E-state index contributed by atoms with van der Waals surface area (Å²) in [5.41, 5.74) is 0.915. The molecule has 0 saturated heterocycles. The van der Waals surface area contributed by atoms with Crippen LogP contribution in [0.4, 0.5) is 0 Å². The molecule has 3 aromatic rings. The van der Waals surface area contributed by atoms with Crippen molar-refractivity contribution >= 4 is 27.3 Å². The molecule has 0 bridgehead atoms. The minimum atomic E-state index is 0.450. The molecule has 0 saturated carbocycles. The number of aromatic nitrogens is 4. The number of tetrazole rings is 1. The first-order valence-corrected chi connectivity index (χ1v) is 8.10. The van der Waals surface area contributed by atoms with E-state index in [4.69, 9.17) is 9.47 Å². The summed E-state index contributed by atoms with van der Waals surface area (Å²) in [6, 6.07) is 7.70. The second-order valence-electron chi connectivity index (χ2n) is 4.42. The monoisotopic (exact) mass is 380 g/mol. The number of ether oxygens (including phenoxy) is 2. The molecule has 0 unspecified atom stereocenters. The highest BCUT2D eigenvalue weighted by Gasteiger charge is 2.13. The molecule has 0 atom stereocenters. The van der Waals surface area contributed by atoms with Crippen molar-refractivity contribution in [3.05, 3.63) is 39.7 Å². The lowest BCUT2D eigenvalue weighted by molar-refractivity contribution is 0.393. The third-order valence-corrected chi connectivity index (χ3v) is 4.55. The molecule has 0 amide bonds. The zero-order valence-electron chi connectivity index (χ0n) is 12.0. The van der Waals surface area contributed by atoms with Crippen LogP contribution in [0.25, 0.3) is 10.7 Å². The number of nitrogens with zero attached hydrogens (tertiary/aromatic N) is 4. The van der Waals surface area contributed by atoms with Crippen molar-refractivity contribution in [1.29, 1.82) is 0 Å². The van der Waals surface area contributed by atoms with Crippen molar-refractivity contribution in [2.45, 2.75) is 6.54 Å². The molecule has 0 aliphatic carbocycles. The van der Waals surface area contributed by atoms with Gasteiger partial charge in [-0.3, -0.25) is 0 Å². The first-order valence-electron chi connectivity index (χ1n) is 6.43. The molecule has 2 heterocycles. The fraction of sp³-hybridized carbons (Fsp3) is 0.214. The zero-order valence-corrected chi connectivity index (χ0v) is 14.4. The number of hydrogen-bond acceptors (Lipinski definition) is 6. The number of benzene rings is 1. The first kappa shape index (κ1) is 15.0. The Morgan fingerprint density at radius 3 is 2.73 bits per heavy atom. The number of rotatable bonds is 5. The minimum Gasteiger partial charge on any atom is -0.496 e. The van der Waals surface area contributed by atoms with Crippen molar-refractivity contribution in [2.75, 3.05) is 14.2 Å². The van der Waals surface area contributed by atoms with Crippen LogP contribution in [0, 0.1) is 0 Å². The third kappa shape index (κ3) is 2.97. The van der Waals surface area contributed by atoms with Gasteiger partial charge in [0.2, 0.25) is 5.82 Å². The van der Waals surface area contributed by atoms with Crippen molar-refractivity contribution in [2.24, 2.45) is 0 Å². The maximum Gasteiger partial charge on any atom is 0.214 e. The van der Waals surface area contributed by atoms with E-state index in [1.54, 1.807) is 30.4 Å². The summed E-state index contributed by atoms with van der Waals surface area (Å²) < 4.78 is 11.6. The second-order valence-corrected chi connectivity index (χ2v) is 6.22. The van der Waals surface area contributed by atoms with E-state index in [9.17, 15) is 0 Å². The van der Waals surface area contributed by atoms with Crippen LogP contribution >= 0.6 is 27.3 Å². The van der Waals surface area contributed by atoms with Crippen molar-refractivity contribution in [1.82, 2.24) is 20.2 Å². The van der Waals surface area contributed by atoms with Crippen LogP contribution < -0.4 is 9.47 Å². The zero-order chi connectivity index (χ0) is 15.5. The number of methoxy groups -OCH3 is 2. The van der Waals surface area contributed by atoms with Gasteiger partial charge in [-0.1, -0.05) is 6.07 Å². The van der Waals surface area contributed by atoms with Gasteiger partial charge < -0.3 is 9.47 Å². The van der Waals surface area contributed by atoms with E-state index >= 15 is 0 Å². The summed E-state index contributed by atoms with van der Waals surface area (Å²) >= 11 is 5.03. The van der Waals surface area contributed by atoms with Gasteiger partial charge in [0.05, 0.1) is 30.1 Å². The summed E-state index contributed by atoms with van der Waals surface area (Å²) in [5.74, 6) is 2.09. The van der Waals surface area contributed by atoms with Gasteiger partial charge in [0.15, 0.2) is 0 Å². The molecule has 0 radical (unpaired) electrons. The van der Waals surface area contributed by atoms with Gasteiger partial charge in [-0.2, -0.15) is 4.80 Å². The van der Waals surface area contributed by atoms with Crippen molar-refractivity contribution in [3.8, 4) is 22.2 Å². The lowest BCUT2D eigenvalue weighted by atomic mass is 10.2. The van der Waals surface area contributed by atoms with Crippen LogP contribution in [0.15, 0.2) is 34.1 Å². The second kappa shape index (κ2) is 6.45. The molecule has 6 nitrogen and oxygen atoms in total. The highest BCUT2D eigenvalue weighted by atomic mass is 79.9. The summed E-state index contributed by atoms with van der Waals surface area (Å²) in [4.78, 5) is 2.53. The smallest absolute Gasteiger partial charge is 0.214 e. The maximum absolute atomic E-state index is 5.40. The molecular formula is C14H13BrN4O2S. The third-order valence-electron chi connectivity index (χ3n) is 3.06. The van der Waals surface area contributed by atoms with Gasteiger partial charge in [0.25, 0.3) is 0 Å². The molecule has 3 rings (SSSR count). The van der Waals surface area contributed by atoms with E-state index in [1.165, 1.54) is 0 Å². The Morgan fingerprint density at radius 1 is 1.23 bits per heavy atom. The Hall–Kier alpha value is -1.93. The van der Waals surface area contributed by atoms with Crippen LogP contribution in [-0.2, 0) is 6.54 Å². The van der Waals surface area contributed by atoms with Crippen LogP contribution in [0.2, 0.25) is 0 Å². The van der Waals surface area contributed by atoms with Crippen LogP contribution in [-0.4, -0.2) is 34.4 Å². The molecule has 0 spiro atoms. The quantitative estimate of drug-likeness (QED) is 0.679. The Bertz CT molecular complexity index is 773. The Balaban J connectivity index is 1.89. The largest absolute Gasteiger partial charge is 0.496 e. The van der Waals surface area contributed by atoms with Crippen LogP contribution in [0.3, 0.4) is 0 Å². The fourth-order valence-electron chi connectivity index (χ4n) is 2.01. The Labute approximate surface area is 139 Å². The van der Waals surface area contributed by atoms with E-state index in [-0.39, 0.29) is 0 Å². The van der Waals surface area contributed by atoms with Crippen molar-refractivity contribution in [3.63, 3.8) is 0 Å². The fourth-order valence-corrected chi connectivity index (χ4v) is 3.15. The number of halogens is 1. The highest BCUT2D eigenvalue weighted by molar-refractivity contribution is 9.10. The molecule has 0 fully saturated rings. The normalized spacial score (nSPS) is 10.7. The molecule has 0 N–H and O–H groups in total. The molecule has 114 valence electrons. The van der Waals surface area contributed by atoms with Gasteiger partial charge in [-0.15, -0.1) is 21.5 Å². The summed E-state index contributed by atoms with van der Waals surface area (Å²) in [6.07, 6.45) is 0. The molecule has 2 aromatic heterocycles. The highest BCUT2D eigenvalue weighted by Crippen LogP contribution is 2.33. The SMILES string of the molecule is COc1cc(Cn2nnc(-c3cccs3)n2)c(OC)cc1Br. The summed E-state index contributed by atoms with van der Waals surface area (Å²) in [7, 11) is 3.25. The first-order chi connectivity index (χ1) is 10.7. The van der Waals surface area contributed by atoms with Gasteiger partial charge in [-0.25, -0.2) is 0 Å². The molecule has 1 aromatic carbocycles. The molecule has 0 aliphatic rings. The predicted octanol–water partition coefficient (Wildman–Crippen LogP) is 3.23. The van der Waals surface area contributed by atoms with Crippen LogP contribution in [0.1, 0.15) is 5.56 Å². The van der Waals surface area contributed by atoms with Gasteiger partial charge in [0.1, 0.15) is 11.5 Å². The molecular weight excluding hydrogens is 368 g/mol. The Morgan fingerprint density at radius 2 is 2.05 bits per heavy atom. The van der Waals surface area contributed by atoms with E-state index < -0.39 is 0 Å². The average molecular weight is 381 g/mol. The van der Waals surface area contributed by atoms with Gasteiger partial charge in [-0.05, 0) is 44.7 Å². The van der Waals surface area contributed by atoms with Gasteiger partial charge in [0, 0.05) is 5.56 Å². The number of thiophene rings is 1. The van der Waals surface area contributed by atoms with E-state index in [0.29, 0.717) is 12.4 Å². The van der Waals surface area contributed by atoms with Crippen LogP contribution in [0.5, 0.6) is 11.5 Å². The predicted molar refractivity (Wildman–Crippen MR) is 87.5 cm³/mol. The summed E-state index contributed by atoms with van der Waals surface area (Å²) in [6.45, 7) is 0.450. The Kier molecular flexibility index (Phi) is 4.39. The topological polar surface area (TPSA) is 62.1 Å². The summed E-state index contributed by atoms with van der Waals surface area (Å²) in [5, 5.41) is 14.6.